The van der Waals surface area contributed by atoms with Gasteiger partial charge in [0.15, 0.2) is 0 Å². The van der Waals surface area contributed by atoms with E-state index in [-0.39, 0.29) is 17.1 Å². The smallest absolute Gasteiger partial charge is 0.328 e. The Hall–Kier alpha value is -0.760. The minimum absolute atomic E-state index is 0.154. The van der Waals surface area contributed by atoms with E-state index in [1.54, 1.807) is 24.3 Å². The van der Waals surface area contributed by atoms with E-state index < -0.39 is 17.6 Å². The molecule has 0 unspecified atom stereocenters. The maximum atomic E-state index is 12.9. The number of nitrogens with zero attached hydrogens (tertiary/aromatic N) is 1. The summed E-state index contributed by atoms with van der Waals surface area (Å²) in [7, 11) is -2.41. The van der Waals surface area contributed by atoms with E-state index >= 15 is 0 Å². The third kappa shape index (κ3) is 10.5. The van der Waals surface area contributed by atoms with Crippen molar-refractivity contribution in [2.75, 3.05) is 39.9 Å². The highest BCUT2D eigenvalue weighted by atomic mass is 32.2. The van der Waals surface area contributed by atoms with Gasteiger partial charge in [-0.05, 0) is 46.8 Å². The van der Waals surface area contributed by atoms with Gasteiger partial charge in [-0.15, -0.1) is 0 Å². The summed E-state index contributed by atoms with van der Waals surface area (Å²) in [5.74, 6) is 0. The lowest BCUT2D eigenvalue weighted by Gasteiger charge is -2.31. The molecule has 1 rings (SSSR count). The molecule has 0 atom stereocenters. The monoisotopic (exact) mass is 463 g/mol. The highest BCUT2D eigenvalue weighted by Gasteiger charge is 2.28. The van der Waals surface area contributed by atoms with Crippen molar-refractivity contribution in [2.24, 2.45) is 0 Å². The van der Waals surface area contributed by atoms with E-state index in [0.717, 1.165) is 18.7 Å². The minimum atomic E-state index is -3.48. The van der Waals surface area contributed by atoms with Crippen LogP contribution in [0.25, 0.3) is 0 Å². The van der Waals surface area contributed by atoms with E-state index in [0.29, 0.717) is 30.0 Å². The molecule has 0 aromatic heterocycles. The first-order chi connectivity index (χ1) is 13.7. The molecule has 0 fully saturated rings. The fourth-order valence-corrected chi connectivity index (χ4v) is 6.24. The van der Waals surface area contributed by atoms with Crippen LogP contribution >= 0.6 is 7.60 Å². The third-order valence-corrected chi connectivity index (χ3v) is 8.33. The molecule has 0 bridgehead atoms. The van der Waals surface area contributed by atoms with E-state index in [4.69, 9.17) is 9.05 Å². The van der Waals surface area contributed by atoms with Crippen molar-refractivity contribution < 1.29 is 26.5 Å². The van der Waals surface area contributed by atoms with Gasteiger partial charge in [0, 0.05) is 19.4 Å². The maximum absolute atomic E-state index is 12.9. The first kappa shape index (κ1) is 27.3. The molecule has 0 saturated heterocycles. The van der Waals surface area contributed by atoms with Crippen LogP contribution in [0.5, 0.6) is 0 Å². The van der Waals surface area contributed by atoms with Crippen LogP contribution in [0.3, 0.4) is 0 Å². The van der Waals surface area contributed by atoms with Crippen molar-refractivity contribution in [3.63, 3.8) is 0 Å². The summed E-state index contributed by atoms with van der Waals surface area (Å²) in [4.78, 5) is 0.285. The summed E-state index contributed by atoms with van der Waals surface area (Å²) in [6.45, 7) is 11.3. The molecule has 0 heterocycles. The standard InChI is InChI=1S/C21H40N2O5PS/c1-18(2)27-29(24,28-19(3)4)17-9-16-23(6,7)15-8-14-22-30(25,26)21-12-10-20(5)11-13-21/h10-13,18-19,22H,8-9,14-17H2,1-7H3/q+1. The molecule has 0 aliphatic rings. The average Bonchev–Trinajstić information content (AvgIpc) is 2.57. The largest absolute Gasteiger partial charge is 0.331 e. The number of benzene rings is 1. The molecule has 0 spiro atoms. The van der Waals surface area contributed by atoms with Crippen LogP contribution in [0.15, 0.2) is 29.2 Å². The molecule has 30 heavy (non-hydrogen) atoms. The van der Waals surface area contributed by atoms with Crippen LogP contribution in [-0.2, 0) is 23.6 Å². The first-order valence-corrected chi connectivity index (χ1v) is 13.8. The Morgan fingerprint density at radius 3 is 1.97 bits per heavy atom. The van der Waals surface area contributed by atoms with E-state index in [1.807, 2.05) is 34.6 Å². The number of nitrogens with one attached hydrogen (secondary N) is 1. The minimum Gasteiger partial charge on any atom is -0.328 e. The Morgan fingerprint density at radius 2 is 1.47 bits per heavy atom. The Labute approximate surface area is 183 Å². The summed E-state index contributed by atoms with van der Waals surface area (Å²) in [5.41, 5.74) is 1.02. The van der Waals surface area contributed by atoms with Crippen molar-refractivity contribution in [2.45, 2.75) is 64.6 Å². The topological polar surface area (TPSA) is 81.7 Å². The predicted octanol–water partition coefficient (Wildman–Crippen LogP) is 4.17. The second kappa shape index (κ2) is 11.7. The van der Waals surface area contributed by atoms with Gasteiger partial charge in [0.25, 0.3) is 0 Å². The van der Waals surface area contributed by atoms with Gasteiger partial charge in [0.2, 0.25) is 10.0 Å². The molecular formula is C21H40N2O5PS+. The molecule has 1 N–H and O–H groups in total. The number of hydrogen-bond donors (Lipinski definition) is 1. The highest BCUT2D eigenvalue weighted by molar-refractivity contribution is 7.89. The molecule has 7 nitrogen and oxygen atoms in total. The van der Waals surface area contributed by atoms with Gasteiger partial charge >= 0.3 is 7.60 Å². The Balaban J connectivity index is 2.46. The summed E-state index contributed by atoms with van der Waals surface area (Å²) < 4.78 is 52.2. The Bertz CT molecular complexity index is 778. The predicted molar refractivity (Wildman–Crippen MR) is 122 cm³/mol. The molecule has 0 aliphatic heterocycles. The third-order valence-electron chi connectivity index (χ3n) is 4.50. The lowest BCUT2D eigenvalue weighted by atomic mass is 10.2. The van der Waals surface area contributed by atoms with Crippen molar-refractivity contribution in [3.05, 3.63) is 29.8 Å². The van der Waals surface area contributed by atoms with Crippen molar-refractivity contribution in [3.8, 4) is 0 Å². The number of hydrogen-bond acceptors (Lipinski definition) is 5. The van der Waals surface area contributed by atoms with E-state index in [2.05, 4.69) is 18.8 Å². The lowest BCUT2D eigenvalue weighted by molar-refractivity contribution is -0.890. The zero-order chi connectivity index (χ0) is 23.0. The fraction of sp³-hybridized carbons (Fsp3) is 0.714. The van der Waals surface area contributed by atoms with Crippen molar-refractivity contribution >= 4 is 17.6 Å². The van der Waals surface area contributed by atoms with Gasteiger partial charge in [0.1, 0.15) is 0 Å². The Kier molecular flexibility index (Phi) is 10.7. The summed E-state index contributed by atoms with van der Waals surface area (Å²) in [6, 6.07) is 6.82. The van der Waals surface area contributed by atoms with Crippen molar-refractivity contribution in [1.82, 2.24) is 4.72 Å². The molecule has 0 saturated carbocycles. The van der Waals surface area contributed by atoms with E-state index in [9.17, 15) is 13.0 Å². The quantitative estimate of drug-likeness (QED) is 0.254. The van der Waals surface area contributed by atoms with Crippen LogP contribution in [-0.4, -0.2) is 65.0 Å². The van der Waals surface area contributed by atoms with Gasteiger partial charge in [-0.1, -0.05) is 17.7 Å². The second-order valence-electron chi connectivity index (χ2n) is 8.94. The molecule has 0 amide bonds. The van der Waals surface area contributed by atoms with Gasteiger partial charge < -0.3 is 13.5 Å². The lowest BCUT2D eigenvalue weighted by Crippen LogP contribution is -2.42. The molecule has 0 radical (unpaired) electrons. The van der Waals surface area contributed by atoms with Crippen LogP contribution < -0.4 is 4.72 Å². The molecule has 1 aromatic carbocycles. The van der Waals surface area contributed by atoms with Crippen LogP contribution in [0.4, 0.5) is 0 Å². The van der Waals surface area contributed by atoms with Gasteiger partial charge in [-0.25, -0.2) is 13.1 Å². The maximum Gasteiger partial charge on any atom is 0.331 e. The first-order valence-electron chi connectivity index (χ1n) is 10.6. The average molecular weight is 464 g/mol. The normalized spacial score (nSPS) is 13.4. The number of rotatable bonds is 14. The molecule has 1 aromatic rings. The number of aryl methyl sites for hydroxylation is 1. The zero-order valence-corrected chi connectivity index (χ0v) is 21.3. The summed E-state index contributed by atoms with van der Waals surface area (Å²) in [5, 5.41) is 0. The molecular weight excluding hydrogens is 423 g/mol. The van der Waals surface area contributed by atoms with Crippen molar-refractivity contribution in [1.29, 1.82) is 0 Å². The SMILES string of the molecule is Cc1ccc(S(=O)(=O)NCCC[N+](C)(C)CCCP(=O)(OC(C)C)OC(C)C)cc1. The zero-order valence-electron chi connectivity index (χ0n) is 19.6. The number of quaternary nitrogens is 1. The van der Waals surface area contributed by atoms with Crippen LogP contribution in [0, 0.1) is 6.92 Å². The van der Waals surface area contributed by atoms with Gasteiger partial charge in [-0.2, -0.15) is 0 Å². The summed E-state index contributed by atoms with van der Waals surface area (Å²) >= 11 is 0. The number of sulfonamides is 1. The molecule has 9 heteroatoms. The molecule has 0 aliphatic carbocycles. The second-order valence-corrected chi connectivity index (χ2v) is 12.8. The molecule has 174 valence electrons. The van der Waals surface area contributed by atoms with Crippen LogP contribution in [0.2, 0.25) is 0 Å². The summed E-state index contributed by atoms with van der Waals surface area (Å²) in [6.07, 6.45) is 1.49. The Morgan fingerprint density at radius 1 is 0.967 bits per heavy atom. The van der Waals surface area contributed by atoms with Crippen LogP contribution in [0.1, 0.15) is 46.1 Å². The fourth-order valence-electron chi connectivity index (χ4n) is 3.09. The van der Waals surface area contributed by atoms with Gasteiger partial charge in [0.05, 0.1) is 50.5 Å². The highest BCUT2D eigenvalue weighted by Crippen LogP contribution is 2.51. The van der Waals surface area contributed by atoms with Gasteiger partial charge in [-0.3, -0.25) is 4.57 Å². The van der Waals surface area contributed by atoms with E-state index in [1.165, 1.54) is 0 Å².